The minimum Gasteiger partial charge on any atom is -0.485 e. The largest absolute Gasteiger partial charge is 0.485 e. The second-order valence-corrected chi connectivity index (χ2v) is 4.40. The van der Waals surface area contributed by atoms with Crippen molar-refractivity contribution in [3.63, 3.8) is 0 Å². The first kappa shape index (κ1) is 10.5. The Morgan fingerprint density at radius 3 is 2.60 bits per heavy atom. The van der Waals surface area contributed by atoms with Gasteiger partial charge in [0.25, 0.3) is 0 Å². The summed E-state index contributed by atoms with van der Waals surface area (Å²) >= 11 is 0. The molecule has 0 aliphatic carbocycles. The Morgan fingerprint density at radius 2 is 2.07 bits per heavy atom. The average molecular weight is 206 g/mol. The minimum atomic E-state index is 0.256. The van der Waals surface area contributed by atoms with Gasteiger partial charge in [0.1, 0.15) is 11.9 Å². The van der Waals surface area contributed by atoms with Crippen LogP contribution in [0.5, 0.6) is 5.75 Å². The van der Waals surface area contributed by atoms with Crippen LogP contribution in [0.15, 0.2) is 18.2 Å². The molecule has 0 spiro atoms. The molecule has 1 aliphatic rings. The van der Waals surface area contributed by atoms with Crippen LogP contribution >= 0.6 is 0 Å². The van der Waals surface area contributed by atoms with E-state index in [9.17, 15) is 0 Å². The van der Waals surface area contributed by atoms with Gasteiger partial charge in [-0.15, -0.1) is 0 Å². The van der Waals surface area contributed by atoms with Gasteiger partial charge in [0, 0.05) is 0 Å². The molecule has 15 heavy (non-hydrogen) atoms. The molecule has 2 nitrogen and oxygen atoms in total. The summed E-state index contributed by atoms with van der Waals surface area (Å²) in [6.45, 7) is 8.00. The van der Waals surface area contributed by atoms with E-state index in [4.69, 9.17) is 9.47 Å². The smallest absolute Gasteiger partial charge is 0.145 e. The Balaban J connectivity index is 2.19. The molecular weight excluding hydrogens is 188 g/mol. The van der Waals surface area contributed by atoms with E-state index in [0.717, 1.165) is 19.0 Å². The van der Waals surface area contributed by atoms with Gasteiger partial charge in [0.15, 0.2) is 0 Å². The first-order chi connectivity index (χ1) is 7.18. The Hall–Kier alpha value is -1.02. The number of rotatable bonds is 3. The van der Waals surface area contributed by atoms with Crippen LogP contribution in [-0.4, -0.2) is 19.3 Å². The van der Waals surface area contributed by atoms with E-state index in [1.54, 1.807) is 0 Å². The van der Waals surface area contributed by atoms with Crippen molar-refractivity contribution in [1.29, 1.82) is 0 Å². The van der Waals surface area contributed by atoms with Crippen molar-refractivity contribution < 1.29 is 9.47 Å². The van der Waals surface area contributed by atoms with Gasteiger partial charge in [0.2, 0.25) is 0 Å². The van der Waals surface area contributed by atoms with Crippen LogP contribution in [0.3, 0.4) is 0 Å². The van der Waals surface area contributed by atoms with Crippen LogP contribution in [0.25, 0.3) is 0 Å². The van der Waals surface area contributed by atoms with Crippen LogP contribution in [0.2, 0.25) is 0 Å². The molecule has 0 radical (unpaired) electrons. The molecule has 0 aromatic heterocycles. The zero-order chi connectivity index (χ0) is 10.8. The molecule has 0 N–H and O–H groups in total. The fourth-order valence-corrected chi connectivity index (χ4v) is 1.85. The Kier molecular flexibility index (Phi) is 2.96. The topological polar surface area (TPSA) is 18.5 Å². The third kappa shape index (κ3) is 2.15. The van der Waals surface area contributed by atoms with Gasteiger partial charge in [-0.05, 0) is 30.0 Å². The predicted octanol–water partition coefficient (Wildman–Crippen LogP) is 2.90. The maximum absolute atomic E-state index is 5.85. The molecule has 0 bridgehead atoms. The third-order valence-corrected chi connectivity index (χ3v) is 2.85. The summed E-state index contributed by atoms with van der Waals surface area (Å²) in [6, 6.07) is 6.28. The molecule has 1 heterocycles. The molecule has 1 aliphatic heterocycles. The summed E-state index contributed by atoms with van der Waals surface area (Å²) in [5.41, 5.74) is 2.63. The first-order valence-electron chi connectivity index (χ1n) is 5.52. The van der Waals surface area contributed by atoms with Crippen molar-refractivity contribution in [3.8, 4) is 5.75 Å². The van der Waals surface area contributed by atoms with Crippen LogP contribution in [0.4, 0.5) is 0 Å². The number of ether oxygens (including phenoxy) is 2. The van der Waals surface area contributed by atoms with Crippen molar-refractivity contribution in [3.05, 3.63) is 29.3 Å². The third-order valence-electron chi connectivity index (χ3n) is 2.85. The van der Waals surface area contributed by atoms with Crippen molar-refractivity contribution in [2.24, 2.45) is 0 Å². The zero-order valence-electron chi connectivity index (χ0n) is 9.62. The van der Waals surface area contributed by atoms with Crippen LogP contribution < -0.4 is 4.74 Å². The van der Waals surface area contributed by atoms with Crippen molar-refractivity contribution in [2.45, 2.75) is 32.8 Å². The second kappa shape index (κ2) is 4.23. The number of benzene rings is 1. The molecule has 1 saturated heterocycles. The molecule has 2 heteroatoms. The highest BCUT2D eigenvalue weighted by Crippen LogP contribution is 2.28. The molecule has 82 valence electrons. The lowest BCUT2D eigenvalue weighted by atomic mass is 9.97. The van der Waals surface area contributed by atoms with Gasteiger partial charge in [-0.1, -0.05) is 26.0 Å². The zero-order valence-corrected chi connectivity index (χ0v) is 9.62. The van der Waals surface area contributed by atoms with Gasteiger partial charge in [-0.25, -0.2) is 0 Å². The molecular formula is C13H18O2. The monoisotopic (exact) mass is 206 g/mol. The molecule has 1 fully saturated rings. The lowest BCUT2D eigenvalue weighted by Gasteiger charge is -2.28. The summed E-state index contributed by atoms with van der Waals surface area (Å²) in [7, 11) is 0. The number of hydrogen-bond donors (Lipinski definition) is 0. The van der Waals surface area contributed by atoms with E-state index in [-0.39, 0.29) is 6.10 Å². The van der Waals surface area contributed by atoms with Gasteiger partial charge in [-0.2, -0.15) is 0 Å². The van der Waals surface area contributed by atoms with E-state index >= 15 is 0 Å². The summed E-state index contributed by atoms with van der Waals surface area (Å²) in [5.74, 6) is 1.56. The van der Waals surface area contributed by atoms with Crippen molar-refractivity contribution >= 4 is 0 Å². The Bertz CT molecular complexity index is 340. The highest BCUT2D eigenvalue weighted by molar-refractivity contribution is 5.40. The molecule has 1 aromatic rings. The standard InChI is InChI=1S/C13H18O2/c1-9(2)12-5-4-6-13(10(12)3)15-11-7-14-8-11/h4-6,9,11H,7-8H2,1-3H3. The van der Waals surface area contributed by atoms with Crippen LogP contribution in [0.1, 0.15) is 30.9 Å². The van der Waals surface area contributed by atoms with Gasteiger partial charge >= 0.3 is 0 Å². The summed E-state index contributed by atoms with van der Waals surface area (Å²) in [6.07, 6.45) is 0.256. The Morgan fingerprint density at radius 1 is 1.33 bits per heavy atom. The molecule has 2 rings (SSSR count). The van der Waals surface area contributed by atoms with Gasteiger partial charge in [0.05, 0.1) is 13.2 Å². The maximum Gasteiger partial charge on any atom is 0.145 e. The Labute approximate surface area is 91.2 Å². The lowest BCUT2D eigenvalue weighted by molar-refractivity contribution is -0.0799. The van der Waals surface area contributed by atoms with Crippen molar-refractivity contribution in [2.75, 3.05) is 13.2 Å². The SMILES string of the molecule is Cc1c(OC2COC2)cccc1C(C)C. The highest BCUT2D eigenvalue weighted by Gasteiger charge is 2.21. The normalized spacial score (nSPS) is 16.5. The fourth-order valence-electron chi connectivity index (χ4n) is 1.85. The minimum absolute atomic E-state index is 0.256. The second-order valence-electron chi connectivity index (χ2n) is 4.40. The fraction of sp³-hybridized carbons (Fsp3) is 0.538. The molecule has 1 aromatic carbocycles. The summed E-state index contributed by atoms with van der Waals surface area (Å²) in [5, 5.41) is 0. The summed E-state index contributed by atoms with van der Waals surface area (Å²) < 4.78 is 10.9. The van der Waals surface area contributed by atoms with Crippen LogP contribution in [-0.2, 0) is 4.74 Å². The van der Waals surface area contributed by atoms with Gasteiger partial charge < -0.3 is 9.47 Å². The van der Waals surface area contributed by atoms with Gasteiger partial charge in [-0.3, -0.25) is 0 Å². The number of hydrogen-bond acceptors (Lipinski definition) is 2. The predicted molar refractivity (Wildman–Crippen MR) is 60.5 cm³/mol. The maximum atomic E-state index is 5.85. The lowest BCUT2D eigenvalue weighted by Crippen LogP contribution is -2.38. The first-order valence-corrected chi connectivity index (χ1v) is 5.52. The van der Waals surface area contributed by atoms with Crippen molar-refractivity contribution in [1.82, 2.24) is 0 Å². The van der Waals surface area contributed by atoms with E-state index in [0.29, 0.717) is 5.92 Å². The molecule has 0 atom stereocenters. The van der Waals surface area contributed by atoms with E-state index in [1.807, 2.05) is 6.07 Å². The molecule has 0 amide bonds. The quantitative estimate of drug-likeness (QED) is 0.757. The average Bonchev–Trinajstić information content (AvgIpc) is 2.13. The van der Waals surface area contributed by atoms with E-state index in [2.05, 4.69) is 32.9 Å². The van der Waals surface area contributed by atoms with E-state index in [1.165, 1.54) is 11.1 Å². The highest BCUT2D eigenvalue weighted by atomic mass is 16.6. The summed E-state index contributed by atoms with van der Waals surface area (Å²) in [4.78, 5) is 0. The molecule has 0 saturated carbocycles. The van der Waals surface area contributed by atoms with E-state index < -0.39 is 0 Å². The molecule has 0 unspecified atom stereocenters. The van der Waals surface area contributed by atoms with Crippen LogP contribution in [0, 0.1) is 6.92 Å².